The van der Waals surface area contributed by atoms with E-state index in [9.17, 15) is 4.79 Å². The summed E-state index contributed by atoms with van der Waals surface area (Å²) in [6.45, 7) is 1.79. The van der Waals surface area contributed by atoms with Gasteiger partial charge in [0.05, 0.1) is 25.5 Å². The van der Waals surface area contributed by atoms with E-state index in [-0.39, 0.29) is 12.5 Å². The molecule has 0 aliphatic carbocycles. The van der Waals surface area contributed by atoms with Crippen molar-refractivity contribution in [2.24, 2.45) is 0 Å². The average molecular weight is 445 g/mol. The number of benzene rings is 3. The molecule has 33 heavy (non-hydrogen) atoms. The largest absolute Gasteiger partial charge is 0.497 e. The van der Waals surface area contributed by atoms with Crippen LogP contribution in [0.15, 0.2) is 71.3 Å². The summed E-state index contributed by atoms with van der Waals surface area (Å²) in [6.07, 6.45) is 0. The van der Waals surface area contributed by atoms with Crippen molar-refractivity contribution in [3.05, 3.63) is 72.3 Å². The first-order valence-corrected chi connectivity index (χ1v) is 10.2. The minimum atomic E-state index is -0.359. The average Bonchev–Trinajstić information content (AvgIpc) is 3.33. The van der Waals surface area contributed by atoms with E-state index in [4.69, 9.17) is 18.7 Å². The Labute approximate surface area is 191 Å². The second-order valence-electron chi connectivity index (χ2n) is 7.19. The number of hydrogen-bond acceptors (Lipinski definition) is 7. The Morgan fingerprint density at radius 3 is 2.52 bits per heavy atom. The standard InChI is InChI=1S/C25H23N3O5/c1-16-8-10-17(11-9-16)24-27-25(33-28-24)19-6-4-5-7-21(19)32-15-23(29)26-20-14-18(30-2)12-13-22(20)31-3/h4-14H,15H2,1-3H3,(H,26,29). The Morgan fingerprint density at radius 1 is 0.970 bits per heavy atom. The summed E-state index contributed by atoms with van der Waals surface area (Å²) in [6, 6.07) is 20.1. The molecule has 3 aromatic carbocycles. The van der Waals surface area contributed by atoms with Crippen LogP contribution in [0.25, 0.3) is 22.8 Å². The van der Waals surface area contributed by atoms with Gasteiger partial charge in [-0.2, -0.15) is 4.98 Å². The zero-order valence-electron chi connectivity index (χ0n) is 18.5. The molecule has 0 radical (unpaired) electrons. The van der Waals surface area contributed by atoms with Crippen LogP contribution >= 0.6 is 0 Å². The van der Waals surface area contributed by atoms with Gasteiger partial charge in [0.1, 0.15) is 17.2 Å². The highest BCUT2D eigenvalue weighted by Crippen LogP contribution is 2.31. The summed E-state index contributed by atoms with van der Waals surface area (Å²) in [5.74, 6) is 1.97. The van der Waals surface area contributed by atoms with Crippen LogP contribution in [0.1, 0.15) is 5.56 Å². The van der Waals surface area contributed by atoms with Gasteiger partial charge in [-0.1, -0.05) is 47.1 Å². The topological polar surface area (TPSA) is 95.7 Å². The Bertz CT molecular complexity index is 1250. The molecule has 0 saturated carbocycles. The van der Waals surface area contributed by atoms with Crippen LogP contribution in [-0.4, -0.2) is 36.9 Å². The fraction of sp³-hybridized carbons (Fsp3) is 0.160. The number of methoxy groups -OCH3 is 2. The van der Waals surface area contributed by atoms with Crippen molar-refractivity contribution in [1.29, 1.82) is 0 Å². The molecule has 1 N–H and O–H groups in total. The van der Waals surface area contributed by atoms with Crippen molar-refractivity contribution < 1.29 is 23.5 Å². The fourth-order valence-corrected chi connectivity index (χ4v) is 3.16. The SMILES string of the molecule is COc1ccc(OC)c(NC(=O)COc2ccccc2-c2nc(-c3ccc(C)cc3)no2)c1. The zero-order chi connectivity index (χ0) is 23.2. The van der Waals surface area contributed by atoms with Gasteiger partial charge in [0, 0.05) is 11.6 Å². The Hall–Kier alpha value is -4.33. The van der Waals surface area contributed by atoms with Gasteiger partial charge >= 0.3 is 0 Å². The van der Waals surface area contributed by atoms with Crippen molar-refractivity contribution in [2.45, 2.75) is 6.92 Å². The van der Waals surface area contributed by atoms with Gasteiger partial charge in [-0.25, -0.2) is 0 Å². The number of aromatic nitrogens is 2. The minimum Gasteiger partial charge on any atom is -0.497 e. The van der Waals surface area contributed by atoms with Crippen molar-refractivity contribution >= 4 is 11.6 Å². The molecular weight excluding hydrogens is 422 g/mol. The number of carbonyl (C=O) groups is 1. The minimum absolute atomic E-state index is 0.226. The normalized spacial score (nSPS) is 10.5. The molecule has 0 aliphatic rings. The lowest BCUT2D eigenvalue weighted by atomic mass is 10.1. The Morgan fingerprint density at radius 2 is 1.76 bits per heavy atom. The first kappa shape index (κ1) is 21.9. The van der Waals surface area contributed by atoms with Gasteiger partial charge in [-0.15, -0.1) is 0 Å². The fourth-order valence-electron chi connectivity index (χ4n) is 3.16. The van der Waals surface area contributed by atoms with Crippen LogP contribution in [0.2, 0.25) is 0 Å². The smallest absolute Gasteiger partial charge is 0.262 e. The second kappa shape index (κ2) is 9.86. The third kappa shape index (κ3) is 5.12. The number of rotatable bonds is 8. The molecule has 4 rings (SSSR count). The van der Waals surface area contributed by atoms with Gasteiger partial charge in [-0.3, -0.25) is 4.79 Å². The molecule has 1 heterocycles. The summed E-state index contributed by atoms with van der Waals surface area (Å²) < 4.78 is 21.7. The molecule has 0 bridgehead atoms. The lowest BCUT2D eigenvalue weighted by Gasteiger charge is -2.13. The maximum absolute atomic E-state index is 12.5. The predicted molar refractivity (Wildman–Crippen MR) is 124 cm³/mol. The number of amides is 1. The molecule has 0 atom stereocenters. The van der Waals surface area contributed by atoms with E-state index in [2.05, 4.69) is 15.5 Å². The number of hydrogen-bond donors (Lipinski definition) is 1. The van der Waals surface area contributed by atoms with Crippen LogP contribution in [0, 0.1) is 6.92 Å². The van der Waals surface area contributed by atoms with Crippen LogP contribution in [0.3, 0.4) is 0 Å². The van der Waals surface area contributed by atoms with Crippen molar-refractivity contribution in [3.8, 4) is 40.1 Å². The molecule has 0 aliphatic heterocycles. The highest BCUT2D eigenvalue weighted by Gasteiger charge is 2.16. The maximum Gasteiger partial charge on any atom is 0.262 e. The predicted octanol–water partition coefficient (Wildman–Crippen LogP) is 4.75. The van der Waals surface area contributed by atoms with Crippen LogP contribution < -0.4 is 19.5 Å². The van der Waals surface area contributed by atoms with E-state index >= 15 is 0 Å². The number of para-hydroxylation sites is 1. The van der Waals surface area contributed by atoms with Crippen molar-refractivity contribution in [2.75, 3.05) is 26.1 Å². The number of aryl methyl sites for hydroxylation is 1. The molecule has 1 aromatic heterocycles. The first-order valence-electron chi connectivity index (χ1n) is 10.2. The van der Waals surface area contributed by atoms with E-state index in [1.807, 2.05) is 37.3 Å². The molecule has 4 aromatic rings. The summed E-state index contributed by atoms with van der Waals surface area (Å²) in [7, 11) is 3.08. The van der Waals surface area contributed by atoms with E-state index in [1.54, 1.807) is 43.5 Å². The Balaban J connectivity index is 1.48. The highest BCUT2D eigenvalue weighted by molar-refractivity contribution is 5.93. The maximum atomic E-state index is 12.5. The number of carbonyl (C=O) groups excluding carboxylic acids is 1. The quantitative estimate of drug-likeness (QED) is 0.418. The third-order valence-electron chi connectivity index (χ3n) is 4.89. The number of anilines is 1. The monoisotopic (exact) mass is 445 g/mol. The lowest BCUT2D eigenvalue weighted by molar-refractivity contribution is -0.118. The lowest BCUT2D eigenvalue weighted by Crippen LogP contribution is -2.20. The molecule has 1 amide bonds. The van der Waals surface area contributed by atoms with Gasteiger partial charge in [0.15, 0.2) is 6.61 Å². The van der Waals surface area contributed by atoms with Gasteiger partial charge in [0.2, 0.25) is 5.82 Å². The van der Waals surface area contributed by atoms with E-state index in [0.717, 1.165) is 11.1 Å². The molecule has 0 fully saturated rings. The number of ether oxygens (including phenoxy) is 3. The molecule has 0 saturated heterocycles. The summed E-state index contributed by atoms with van der Waals surface area (Å²) >= 11 is 0. The molecule has 0 unspecified atom stereocenters. The Kier molecular flexibility index (Phi) is 6.54. The highest BCUT2D eigenvalue weighted by atomic mass is 16.5. The molecule has 168 valence electrons. The van der Waals surface area contributed by atoms with Crippen molar-refractivity contribution in [1.82, 2.24) is 10.1 Å². The summed E-state index contributed by atoms with van der Waals surface area (Å²) in [5, 5.41) is 6.85. The van der Waals surface area contributed by atoms with Gasteiger partial charge in [0.25, 0.3) is 11.8 Å². The summed E-state index contributed by atoms with van der Waals surface area (Å²) in [5.41, 5.74) is 3.07. The summed E-state index contributed by atoms with van der Waals surface area (Å²) in [4.78, 5) is 17.0. The van der Waals surface area contributed by atoms with Crippen LogP contribution in [0.4, 0.5) is 5.69 Å². The van der Waals surface area contributed by atoms with Crippen LogP contribution in [0.5, 0.6) is 17.2 Å². The molecule has 8 nitrogen and oxygen atoms in total. The zero-order valence-corrected chi connectivity index (χ0v) is 18.5. The second-order valence-corrected chi connectivity index (χ2v) is 7.19. The molecule has 0 spiro atoms. The van der Waals surface area contributed by atoms with Gasteiger partial charge in [-0.05, 0) is 31.2 Å². The number of nitrogens with zero attached hydrogens (tertiary/aromatic N) is 2. The van der Waals surface area contributed by atoms with Crippen molar-refractivity contribution in [3.63, 3.8) is 0 Å². The van der Waals surface area contributed by atoms with Crippen LogP contribution in [-0.2, 0) is 4.79 Å². The first-order chi connectivity index (χ1) is 16.1. The molecular formula is C25H23N3O5. The molecule has 8 heteroatoms. The van der Waals surface area contributed by atoms with Gasteiger partial charge < -0.3 is 24.1 Å². The van der Waals surface area contributed by atoms with E-state index < -0.39 is 0 Å². The van der Waals surface area contributed by atoms with E-state index in [1.165, 1.54) is 7.11 Å². The third-order valence-corrected chi connectivity index (χ3v) is 4.89. The van der Waals surface area contributed by atoms with E-state index in [0.29, 0.717) is 40.2 Å². The number of nitrogens with one attached hydrogen (secondary N) is 1.